The Morgan fingerprint density at radius 2 is 1.95 bits per heavy atom. The summed E-state index contributed by atoms with van der Waals surface area (Å²) in [5, 5.41) is 12.3. The van der Waals surface area contributed by atoms with E-state index in [1.54, 1.807) is 24.3 Å². The maximum atomic E-state index is 12.5. The van der Waals surface area contributed by atoms with Crippen LogP contribution < -0.4 is 11.1 Å². The molecule has 114 valence electrons. The molecule has 0 aliphatic heterocycles. The first-order valence-electron chi connectivity index (χ1n) is 6.98. The largest absolute Gasteiger partial charge is 0.479 e. The summed E-state index contributed by atoms with van der Waals surface area (Å²) in [7, 11) is 0. The van der Waals surface area contributed by atoms with Crippen molar-refractivity contribution in [1.29, 1.82) is 0 Å². The molecule has 1 atom stereocenters. The second-order valence-corrected chi connectivity index (χ2v) is 5.86. The van der Waals surface area contributed by atoms with E-state index >= 15 is 0 Å². The number of rotatable bonds is 5. The Kier molecular flexibility index (Phi) is 4.85. The number of nitrogens with one attached hydrogen (secondary N) is 1. The lowest BCUT2D eigenvalue weighted by Gasteiger charge is -2.28. The van der Waals surface area contributed by atoms with Gasteiger partial charge in [0.25, 0.3) is 0 Å². The Morgan fingerprint density at radius 1 is 1.33 bits per heavy atom. The quantitative estimate of drug-likeness (QED) is 0.776. The minimum atomic E-state index is -1.16. The van der Waals surface area contributed by atoms with Crippen molar-refractivity contribution in [2.45, 2.75) is 31.7 Å². The Morgan fingerprint density at radius 3 is 2.48 bits per heavy atom. The standard InChI is InChI=1S/C15H19ClN2O3/c16-11-6-2-1-5-10(11)12(13(19)20)18-14(21)15(9-17)7-3-4-8-15/h1-2,5-6,12H,3-4,7-9,17H2,(H,18,21)(H,19,20)/t12-/m1/s1. The zero-order chi connectivity index (χ0) is 15.5. The maximum absolute atomic E-state index is 12.5. The SMILES string of the molecule is NCC1(C(=O)N[C@@H](C(=O)O)c2ccccc2Cl)CCCC1. The zero-order valence-electron chi connectivity index (χ0n) is 11.6. The van der Waals surface area contributed by atoms with E-state index in [9.17, 15) is 14.7 Å². The van der Waals surface area contributed by atoms with E-state index in [1.165, 1.54) is 0 Å². The number of halogens is 1. The van der Waals surface area contributed by atoms with E-state index in [0.717, 1.165) is 12.8 Å². The molecule has 0 unspecified atom stereocenters. The van der Waals surface area contributed by atoms with E-state index < -0.39 is 17.4 Å². The lowest BCUT2D eigenvalue weighted by molar-refractivity contribution is -0.144. The summed E-state index contributed by atoms with van der Waals surface area (Å²) in [5.41, 5.74) is 5.49. The van der Waals surface area contributed by atoms with Crippen LogP contribution in [0.4, 0.5) is 0 Å². The third kappa shape index (κ3) is 3.19. The van der Waals surface area contributed by atoms with Crippen LogP contribution in [0.15, 0.2) is 24.3 Å². The van der Waals surface area contributed by atoms with Gasteiger partial charge in [0.05, 0.1) is 5.41 Å². The van der Waals surface area contributed by atoms with Crippen LogP contribution in [0.1, 0.15) is 37.3 Å². The predicted octanol–water partition coefficient (Wildman–Crippen LogP) is 2.10. The van der Waals surface area contributed by atoms with Crippen LogP contribution in [0.5, 0.6) is 0 Å². The molecule has 1 aliphatic rings. The van der Waals surface area contributed by atoms with Crippen molar-refractivity contribution in [2.24, 2.45) is 11.1 Å². The van der Waals surface area contributed by atoms with Gasteiger partial charge in [-0.05, 0) is 18.9 Å². The smallest absolute Gasteiger partial charge is 0.330 e. The molecule has 0 spiro atoms. The van der Waals surface area contributed by atoms with E-state index in [0.29, 0.717) is 23.4 Å². The van der Waals surface area contributed by atoms with Crippen molar-refractivity contribution >= 4 is 23.5 Å². The van der Waals surface area contributed by atoms with Crippen molar-refractivity contribution in [3.8, 4) is 0 Å². The van der Waals surface area contributed by atoms with E-state index in [-0.39, 0.29) is 12.5 Å². The molecule has 1 aromatic rings. The molecule has 1 aliphatic carbocycles. The highest BCUT2D eigenvalue weighted by atomic mass is 35.5. The van der Waals surface area contributed by atoms with Gasteiger partial charge in [-0.3, -0.25) is 4.79 Å². The van der Waals surface area contributed by atoms with Gasteiger partial charge in [0, 0.05) is 17.1 Å². The van der Waals surface area contributed by atoms with Crippen molar-refractivity contribution in [2.75, 3.05) is 6.54 Å². The molecule has 2 rings (SSSR count). The zero-order valence-corrected chi connectivity index (χ0v) is 12.4. The molecule has 21 heavy (non-hydrogen) atoms. The number of aliphatic carboxylic acids is 1. The number of carboxylic acid groups (broad SMARTS) is 1. The highest BCUT2D eigenvalue weighted by Crippen LogP contribution is 2.38. The first-order chi connectivity index (χ1) is 10.00. The topological polar surface area (TPSA) is 92.4 Å². The lowest BCUT2D eigenvalue weighted by Crippen LogP contribution is -2.47. The number of carboxylic acids is 1. The van der Waals surface area contributed by atoms with Crippen LogP contribution in [-0.2, 0) is 9.59 Å². The monoisotopic (exact) mass is 310 g/mol. The fraction of sp³-hybridized carbons (Fsp3) is 0.467. The van der Waals surface area contributed by atoms with Crippen LogP contribution in [0, 0.1) is 5.41 Å². The van der Waals surface area contributed by atoms with Crippen LogP contribution >= 0.6 is 11.6 Å². The first kappa shape index (κ1) is 15.8. The van der Waals surface area contributed by atoms with Gasteiger partial charge in [0.1, 0.15) is 0 Å². The molecule has 0 heterocycles. The van der Waals surface area contributed by atoms with Crippen molar-refractivity contribution < 1.29 is 14.7 Å². The third-order valence-electron chi connectivity index (χ3n) is 4.17. The summed E-state index contributed by atoms with van der Waals surface area (Å²) in [4.78, 5) is 24.0. The van der Waals surface area contributed by atoms with Crippen LogP contribution in [0.25, 0.3) is 0 Å². The Hall–Kier alpha value is -1.59. The lowest BCUT2D eigenvalue weighted by atomic mass is 9.85. The van der Waals surface area contributed by atoms with E-state index in [4.69, 9.17) is 17.3 Å². The number of hydrogen-bond donors (Lipinski definition) is 3. The minimum absolute atomic E-state index is 0.230. The number of amides is 1. The average molecular weight is 311 g/mol. The van der Waals surface area contributed by atoms with Crippen molar-refractivity contribution in [3.63, 3.8) is 0 Å². The minimum Gasteiger partial charge on any atom is -0.479 e. The Balaban J connectivity index is 2.23. The Bertz CT molecular complexity index is 541. The van der Waals surface area contributed by atoms with Crippen LogP contribution in [0.2, 0.25) is 5.02 Å². The van der Waals surface area contributed by atoms with Gasteiger partial charge in [0.15, 0.2) is 6.04 Å². The molecular formula is C15H19ClN2O3. The van der Waals surface area contributed by atoms with Crippen LogP contribution in [-0.4, -0.2) is 23.5 Å². The van der Waals surface area contributed by atoms with Gasteiger partial charge in [0.2, 0.25) is 5.91 Å². The summed E-state index contributed by atoms with van der Waals surface area (Å²) >= 11 is 6.04. The van der Waals surface area contributed by atoms with Gasteiger partial charge in [-0.15, -0.1) is 0 Å². The average Bonchev–Trinajstić information content (AvgIpc) is 2.95. The van der Waals surface area contributed by atoms with E-state index in [1.807, 2.05) is 0 Å². The number of nitrogens with two attached hydrogens (primary N) is 1. The first-order valence-corrected chi connectivity index (χ1v) is 7.36. The number of benzene rings is 1. The number of hydrogen-bond acceptors (Lipinski definition) is 3. The normalized spacial score (nSPS) is 18.2. The molecule has 0 radical (unpaired) electrons. The molecular weight excluding hydrogens is 292 g/mol. The fourth-order valence-corrected chi connectivity index (χ4v) is 3.09. The molecule has 5 nitrogen and oxygen atoms in total. The maximum Gasteiger partial charge on any atom is 0.330 e. The molecule has 1 aromatic carbocycles. The molecule has 1 amide bonds. The molecule has 1 saturated carbocycles. The highest BCUT2D eigenvalue weighted by Gasteiger charge is 2.41. The Labute approximate surface area is 128 Å². The van der Waals surface area contributed by atoms with Gasteiger partial charge >= 0.3 is 5.97 Å². The second kappa shape index (κ2) is 6.45. The van der Waals surface area contributed by atoms with Crippen molar-refractivity contribution in [3.05, 3.63) is 34.9 Å². The molecule has 6 heteroatoms. The van der Waals surface area contributed by atoms with Gasteiger partial charge in [-0.1, -0.05) is 42.6 Å². The number of carbonyl (C=O) groups excluding carboxylic acids is 1. The van der Waals surface area contributed by atoms with Gasteiger partial charge < -0.3 is 16.2 Å². The predicted molar refractivity (Wildman–Crippen MR) is 79.9 cm³/mol. The summed E-state index contributed by atoms with van der Waals surface area (Å²) in [6.45, 7) is 0.230. The summed E-state index contributed by atoms with van der Waals surface area (Å²) < 4.78 is 0. The molecule has 4 N–H and O–H groups in total. The van der Waals surface area contributed by atoms with Crippen LogP contribution in [0.3, 0.4) is 0 Å². The fourth-order valence-electron chi connectivity index (χ4n) is 2.84. The molecule has 0 aromatic heterocycles. The summed E-state index contributed by atoms with van der Waals surface area (Å²) in [6.07, 6.45) is 3.28. The highest BCUT2D eigenvalue weighted by molar-refractivity contribution is 6.31. The summed E-state index contributed by atoms with van der Waals surface area (Å²) in [6, 6.07) is 5.45. The van der Waals surface area contributed by atoms with Gasteiger partial charge in [-0.25, -0.2) is 4.79 Å². The second-order valence-electron chi connectivity index (χ2n) is 5.46. The summed E-state index contributed by atoms with van der Waals surface area (Å²) in [5.74, 6) is -1.43. The molecule has 0 saturated heterocycles. The molecule has 1 fully saturated rings. The van der Waals surface area contributed by atoms with Crippen molar-refractivity contribution in [1.82, 2.24) is 5.32 Å². The van der Waals surface area contributed by atoms with E-state index in [2.05, 4.69) is 5.32 Å². The molecule has 0 bridgehead atoms. The number of carbonyl (C=O) groups is 2. The van der Waals surface area contributed by atoms with Gasteiger partial charge in [-0.2, -0.15) is 0 Å². The third-order valence-corrected chi connectivity index (χ3v) is 4.52.